The van der Waals surface area contributed by atoms with Gasteiger partial charge in [0.1, 0.15) is 5.82 Å². The van der Waals surface area contributed by atoms with Gasteiger partial charge in [0.25, 0.3) is 5.78 Å². The lowest BCUT2D eigenvalue weighted by Gasteiger charge is -1.90. The van der Waals surface area contributed by atoms with Gasteiger partial charge >= 0.3 is 5.97 Å². The fourth-order valence-corrected chi connectivity index (χ4v) is 1.47. The van der Waals surface area contributed by atoms with Gasteiger partial charge in [-0.05, 0) is 12.8 Å². The second-order valence-electron chi connectivity index (χ2n) is 3.47. The van der Waals surface area contributed by atoms with Crippen molar-refractivity contribution >= 4 is 11.7 Å². The summed E-state index contributed by atoms with van der Waals surface area (Å²) in [6, 6.07) is 0. The molecule has 0 saturated heterocycles. The molecule has 0 unspecified atom stereocenters. The van der Waals surface area contributed by atoms with Crippen LogP contribution < -0.4 is 0 Å². The molecular formula is C8H8N4O2. The van der Waals surface area contributed by atoms with E-state index in [4.69, 9.17) is 5.11 Å². The van der Waals surface area contributed by atoms with Crippen LogP contribution in [0.5, 0.6) is 0 Å². The molecule has 0 amide bonds. The third kappa shape index (κ3) is 0.935. The molecule has 2 aromatic rings. The van der Waals surface area contributed by atoms with Gasteiger partial charge in [-0.15, -0.1) is 0 Å². The summed E-state index contributed by atoms with van der Waals surface area (Å²) < 4.78 is 1.41. The van der Waals surface area contributed by atoms with E-state index in [-0.39, 0.29) is 5.69 Å². The number of aromatic nitrogens is 4. The normalized spacial score (nSPS) is 16.3. The first-order valence-corrected chi connectivity index (χ1v) is 4.42. The number of aromatic amines is 1. The fraction of sp³-hybridized carbons (Fsp3) is 0.375. The lowest BCUT2D eigenvalue weighted by atomic mass is 10.4. The number of carboxylic acids is 1. The Balaban J connectivity index is 2.18. The minimum absolute atomic E-state index is 0.124. The van der Waals surface area contributed by atoms with Crippen LogP contribution in [0.15, 0.2) is 6.20 Å². The zero-order chi connectivity index (χ0) is 9.71. The Labute approximate surface area is 78.6 Å². The van der Waals surface area contributed by atoms with Gasteiger partial charge in [-0.25, -0.2) is 14.3 Å². The number of imidazole rings is 1. The van der Waals surface area contributed by atoms with E-state index in [1.807, 2.05) is 0 Å². The molecule has 0 atom stereocenters. The highest BCUT2D eigenvalue weighted by atomic mass is 16.4. The van der Waals surface area contributed by atoms with Crippen molar-refractivity contribution < 1.29 is 9.90 Å². The number of hydrogen-bond acceptors (Lipinski definition) is 3. The van der Waals surface area contributed by atoms with Gasteiger partial charge in [0.15, 0.2) is 5.69 Å². The van der Waals surface area contributed by atoms with Crippen LogP contribution in [-0.4, -0.2) is 30.7 Å². The van der Waals surface area contributed by atoms with Crippen LogP contribution in [0.2, 0.25) is 0 Å². The molecule has 0 radical (unpaired) electrons. The van der Waals surface area contributed by atoms with Crippen LogP contribution in [0, 0.1) is 0 Å². The van der Waals surface area contributed by atoms with Crippen molar-refractivity contribution in [3.8, 4) is 0 Å². The predicted molar refractivity (Wildman–Crippen MR) is 46.3 cm³/mol. The Bertz CT molecular complexity index is 508. The summed E-state index contributed by atoms with van der Waals surface area (Å²) >= 11 is 0. The zero-order valence-corrected chi connectivity index (χ0v) is 7.27. The molecule has 2 heterocycles. The van der Waals surface area contributed by atoms with Gasteiger partial charge in [-0.2, -0.15) is 4.98 Å². The number of fused-ring (bicyclic) bond motifs is 1. The standard InChI is InChI=1S/C8H8N4O2/c13-7(14)5-3-9-8-10-6(4-1-2-4)11-12(5)8/h3-4H,1-2H2,(H,13,14)(H,9,10,11). The van der Waals surface area contributed by atoms with Crippen molar-refractivity contribution in [2.24, 2.45) is 0 Å². The minimum Gasteiger partial charge on any atom is -0.476 e. The van der Waals surface area contributed by atoms with Gasteiger partial charge in [0.2, 0.25) is 0 Å². The maximum Gasteiger partial charge on any atom is 0.356 e. The largest absolute Gasteiger partial charge is 0.476 e. The number of aromatic carboxylic acids is 1. The molecule has 1 aliphatic carbocycles. The van der Waals surface area contributed by atoms with Gasteiger partial charge in [0.05, 0.1) is 6.20 Å². The van der Waals surface area contributed by atoms with E-state index < -0.39 is 5.97 Å². The summed E-state index contributed by atoms with van der Waals surface area (Å²) in [6.07, 6.45) is 3.55. The lowest BCUT2D eigenvalue weighted by Crippen LogP contribution is -2.02. The van der Waals surface area contributed by atoms with E-state index in [1.165, 1.54) is 10.7 Å². The highest BCUT2D eigenvalue weighted by Crippen LogP contribution is 2.38. The third-order valence-electron chi connectivity index (χ3n) is 2.37. The molecule has 1 fully saturated rings. The van der Waals surface area contributed by atoms with Crippen LogP contribution in [0.25, 0.3) is 5.78 Å². The summed E-state index contributed by atoms with van der Waals surface area (Å²) in [5, 5.41) is 11.8. The van der Waals surface area contributed by atoms with E-state index in [0.29, 0.717) is 11.7 Å². The number of hydrogen-bond donors (Lipinski definition) is 2. The summed E-state index contributed by atoms with van der Waals surface area (Å²) in [5.41, 5.74) is 0.124. The molecule has 0 aromatic carbocycles. The molecule has 0 bridgehead atoms. The number of carbonyl (C=O) groups is 1. The Hall–Kier alpha value is -1.85. The summed E-state index contributed by atoms with van der Waals surface area (Å²) in [4.78, 5) is 18.9. The van der Waals surface area contributed by atoms with E-state index in [1.54, 1.807) is 0 Å². The van der Waals surface area contributed by atoms with Crippen molar-refractivity contribution in [3.63, 3.8) is 0 Å². The first-order valence-electron chi connectivity index (χ1n) is 4.42. The summed E-state index contributed by atoms with van der Waals surface area (Å²) in [6.45, 7) is 0. The van der Waals surface area contributed by atoms with Crippen LogP contribution in [0.3, 0.4) is 0 Å². The first kappa shape index (κ1) is 7.54. The second-order valence-corrected chi connectivity index (χ2v) is 3.47. The Morgan fingerprint density at radius 2 is 2.43 bits per heavy atom. The Morgan fingerprint density at radius 1 is 1.64 bits per heavy atom. The minimum atomic E-state index is -0.997. The van der Waals surface area contributed by atoms with Crippen molar-refractivity contribution in [2.75, 3.05) is 0 Å². The highest BCUT2D eigenvalue weighted by molar-refractivity contribution is 5.86. The van der Waals surface area contributed by atoms with Gasteiger partial charge in [0, 0.05) is 5.92 Å². The van der Waals surface area contributed by atoms with Crippen LogP contribution in [0.1, 0.15) is 35.1 Å². The predicted octanol–water partition coefficient (Wildman–Crippen LogP) is 0.633. The number of carboxylic acid groups (broad SMARTS) is 1. The van der Waals surface area contributed by atoms with Gasteiger partial charge in [-0.3, -0.25) is 5.10 Å². The average molecular weight is 192 g/mol. The SMILES string of the molecule is O=C(O)c1cnc2nc(C3CC3)[nH]n12. The molecule has 14 heavy (non-hydrogen) atoms. The maximum absolute atomic E-state index is 10.8. The number of nitrogens with one attached hydrogen (secondary N) is 1. The van der Waals surface area contributed by atoms with E-state index in [0.717, 1.165) is 18.7 Å². The molecule has 3 rings (SSSR count). The van der Waals surface area contributed by atoms with Crippen LogP contribution in [-0.2, 0) is 0 Å². The van der Waals surface area contributed by atoms with Gasteiger partial charge < -0.3 is 5.11 Å². The number of nitrogens with zero attached hydrogens (tertiary/aromatic N) is 3. The quantitative estimate of drug-likeness (QED) is 0.731. The maximum atomic E-state index is 10.8. The number of H-pyrrole nitrogens is 1. The molecule has 0 spiro atoms. The molecule has 2 aromatic heterocycles. The fourth-order valence-electron chi connectivity index (χ4n) is 1.47. The summed E-state index contributed by atoms with van der Waals surface area (Å²) in [5.74, 6) is 0.752. The highest BCUT2D eigenvalue weighted by Gasteiger charge is 2.28. The molecule has 6 heteroatoms. The topological polar surface area (TPSA) is 83.3 Å². The third-order valence-corrected chi connectivity index (χ3v) is 2.37. The smallest absolute Gasteiger partial charge is 0.356 e. The molecular weight excluding hydrogens is 184 g/mol. The Morgan fingerprint density at radius 3 is 3.07 bits per heavy atom. The van der Waals surface area contributed by atoms with Crippen LogP contribution in [0.4, 0.5) is 0 Å². The van der Waals surface area contributed by atoms with E-state index in [9.17, 15) is 4.79 Å². The van der Waals surface area contributed by atoms with E-state index in [2.05, 4.69) is 15.1 Å². The Kier molecular flexibility index (Phi) is 1.26. The number of rotatable bonds is 2. The van der Waals surface area contributed by atoms with Gasteiger partial charge in [-0.1, -0.05) is 0 Å². The van der Waals surface area contributed by atoms with E-state index >= 15 is 0 Å². The van der Waals surface area contributed by atoms with Crippen molar-refractivity contribution in [1.82, 2.24) is 19.6 Å². The molecule has 2 N–H and O–H groups in total. The first-order chi connectivity index (χ1) is 6.75. The molecule has 1 aliphatic rings. The monoisotopic (exact) mass is 192 g/mol. The molecule has 6 nitrogen and oxygen atoms in total. The zero-order valence-electron chi connectivity index (χ0n) is 7.27. The van der Waals surface area contributed by atoms with Crippen molar-refractivity contribution in [1.29, 1.82) is 0 Å². The lowest BCUT2D eigenvalue weighted by molar-refractivity contribution is 0.0688. The average Bonchev–Trinajstić information content (AvgIpc) is 2.76. The summed E-state index contributed by atoms with van der Waals surface area (Å²) in [7, 11) is 0. The molecule has 72 valence electrons. The van der Waals surface area contributed by atoms with Crippen molar-refractivity contribution in [3.05, 3.63) is 17.7 Å². The van der Waals surface area contributed by atoms with Crippen LogP contribution >= 0.6 is 0 Å². The molecule has 0 aliphatic heterocycles. The second kappa shape index (κ2) is 2.34. The molecule has 1 saturated carbocycles. The van der Waals surface area contributed by atoms with Crippen molar-refractivity contribution in [2.45, 2.75) is 18.8 Å².